The molecule has 0 spiro atoms. The van der Waals surface area contributed by atoms with E-state index in [1.165, 1.54) is 0 Å². The Kier molecular flexibility index (Phi) is 5.49. The minimum Gasteiger partial charge on any atom is -0.480 e. The molecule has 8 nitrogen and oxygen atoms in total. The van der Waals surface area contributed by atoms with Gasteiger partial charge in [-0.2, -0.15) is 0 Å². The zero-order valence-corrected chi connectivity index (χ0v) is 11.9. The molecule has 0 bridgehead atoms. The molecule has 3 N–H and O–H groups in total. The molecule has 1 aliphatic heterocycles. The quantitative estimate of drug-likeness (QED) is 0.548. The van der Waals surface area contributed by atoms with Gasteiger partial charge in [-0.25, -0.2) is 13.2 Å². The Hall–Kier alpha value is -1.64. The van der Waals surface area contributed by atoms with Gasteiger partial charge in [0, 0.05) is 19.2 Å². The highest BCUT2D eigenvalue weighted by Gasteiger charge is 2.28. The molecule has 2 unspecified atom stereocenters. The van der Waals surface area contributed by atoms with E-state index < -0.39 is 33.7 Å². The van der Waals surface area contributed by atoms with E-state index in [0.717, 1.165) is 6.26 Å². The molecule has 0 saturated carbocycles. The summed E-state index contributed by atoms with van der Waals surface area (Å²) in [4.78, 5) is 33.8. The van der Waals surface area contributed by atoms with Crippen LogP contribution in [-0.2, 0) is 24.2 Å². The summed E-state index contributed by atoms with van der Waals surface area (Å²) in [5.41, 5.74) is 0. The van der Waals surface area contributed by atoms with Crippen LogP contribution in [0.5, 0.6) is 0 Å². The standard InChI is InChI=1S/C11H18N2O6S/c1-20(18,19)5-4-8(11(16)17)13-10(15)7-2-3-9(14)12-6-7/h7-8H,2-6H2,1H3,(H,12,14)(H,13,15)(H,16,17). The summed E-state index contributed by atoms with van der Waals surface area (Å²) >= 11 is 0. The van der Waals surface area contributed by atoms with Gasteiger partial charge >= 0.3 is 5.97 Å². The van der Waals surface area contributed by atoms with Crippen LogP contribution in [-0.4, -0.2) is 55.9 Å². The molecule has 114 valence electrons. The lowest BCUT2D eigenvalue weighted by Gasteiger charge is -2.23. The Labute approximate surface area is 116 Å². The summed E-state index contributed by atoms with van der Waals surface area (Å²) < 4.78 is 22.1. The van der Waals surface area contributed by atoms with Crippen molar-refractivity contribution in [1.82, 2.24) is 10.6 Å². The summed E-state index contributed by atoms with van der Waals surface area (Å²) in [6.07, 6.45) is 1.40. The van der Waals surface area contributed by atoms with Crippen molar-refractivity contribution in [3.05, 3.63) is 0 Å². The first-order chi connectivity index (χ1) is 9.19. The van der Waals surface area contributed by atoms with Crippen molar-refractivity contribution in [1.29, 1.82) is 0 Å². The topological polar surface area (TPSA) is 130 Å². The Morgan fingerprint density at radius 3 is 2.60 bits per heavy atom. The predicted octanol–water partition coefficient (Wildman–Crippen LogP) is -1.48. The second-order valence-corrected chi connectivity index (χ2v) is 7.12. The zero-order valence-electron chi connectivity index (χ0n) is 11.1. The van der Waals surface area contributed by atoms with Crippen molar-refractivity contribution < 1.29 is 27.9 Å². The third-order valence-corrected chi connectivity index (χ3v) is 4.01. The molecule has 0 aliphatic carbocycles. The monoisotopic (exact) mass is 306 g/mol. The van der Waals surface area contributed by atoms with Crippen molar-refractivity contribution in [3.8, 4) is 0 Å². The first-order valence-electron chi connectivity index (χ1n) is 6.16. The van der Waals surface area contributed by atoms with E-state index >= 15 is 0 Å². The second kappa shape index (κ2) is 6.69. The molecular formula is C11H18N2O6S. The molecule has 2 amide bonds. The van der Waals surface area contributed by atoms with Crippen LogP contribution in [0.1, 0.15) is 19.3 Å². The number of hydrogen-bond donors (Lipinski definition) is 3. The number of nitrogens with one attached hydrogen (secondary N) is 2. The van der Waals surface area contributed by atoms with Gasteiger partial charge in [0.05, 0.1) is 11.7 Å². The van der Waals surface area contributed by atoms with Crippen LogP contribution in [0.4, 0.5) is 0 Å². The molecule has 2 atom stereocenters. The van der Waals surface area contributed by atoms with E-state index in [4.69, 9.17) is 5.11 Å². The third-order valence-electron chi connectivity index (χ3n) is 3.03. The highest BCUT2D eigenvalue weighted by molar-refractivity contribution is 7.90. The Bertz CT molecular complexity index is 491. The summed E-state index contributed by atoms with van der Waals surface area (Å²) in [5, 5.41) is 13.8. The highest BCUT2D eigenvalue weighted by Crippen LogP contribution is 2.11. The second-order valence-electron chi connectivity index (χ2n) is 4.86. The van der Waals surface area contributed by atoms with Crippen LogP contribution in [0.15, 0.2) is 0 Å². The molecule has 1 fully saturated rings. The van der Waals surface area contributed by atoms with Crippen molar-refractivity contribution in [2.75, 3.05) is 18.6 Å². The highest BCUT2D eigenvalue weighted by atomic mass is 32.2. The van der Waals surface area contributed by atoms with Gasteiger partial charge in [0.25, 0.3) is 0 Å². The number of carboxylic acids is 1. The molecular weight excluding hydrogens is 288 g/mol. The van der Waals surface area contributed by atoms with Crippen molar-refractivity contribution in [3.63, 3.8) is 0 Å². The van der Waals surface area contributed by atoms with Gasteiger partial charge in [-0.3, -0.25) is 9.59 Å². The number of carboxylic acid groups (broad SMARTS) is 1. The minimum atomic E-state index is -3.29. The first kappa shape index (κ1) is 16.4. The number of piperidine rings is 1. The smallest absolute Gasteiger partial charge is 0.326 e. The first-order valence-corrected chi connectivity index (χ1v) is 8.22. The number of aliphatic carboxylic acids is 1. The minimum absolute atomic E-state index is 0.138. The molecule has 9 heteroatoms. The average Bonchev–Trinajstić information content (AvgIpc) is 2.33. The fourth-order valence-corrected chi connectivity index (χ4v) is 2.50. The molecule has 1 saturated heterocycles. The number of hydrogen-bond acceptors (Lipinski definition) is 5. The SMILES string of the molecule is CS(=O)(=O)CCC(NC(=O)C1CCC(=O)NC1)C(=O)O. The van der Waals surface area contributed by atoms with Gasteiger partial charge in [0.2, 0.25) is 11.8 Å². The fraction of sp³-hybridized carbons (Fsp3) is 0.727. The molecule has 1 rings (SSSR count). The molecule has 0 aromatic heterocycles. The number of sulfone groups is 1. The molecule has 0 radical (unpaired) electrons. The van der Waals surface area contributed by atoms with Crippen LogP contribution < -0.4 is 10.6 Å². The molecule has 20 heavy (non-hydrogen) atoms. The zero-order chi connectivity index (χ0) is 15.3. The molecule has 0 aromatic carbocycles. The van der Waals surface area contributed by atoms with Gasteiger partial charge in [-0.1, -0.05) is 0 Å². The maximum atomic E-state index is 11.9. The van der Waals surface area contributed by atoms with E-state index in [2.05, 4.69) is 10.6 Å². The van der Waals surface area contributed by atoms with Gasteiger partial charge in [0.1, 0.15) is 15.9 Å². The van der Waals surface area contributed by atoms with E-state index in [0.29, 0.717) is 6.42 Å². The molecule has 1 aliphatic rings. The lowest BCUT2D eigenvalue weighted by molar-refractivity contribution is -0.143. The Morgan fingerprint density at radius 1 is 1.50 bits per heavy atom. The van der Waals surface area contributed by atoms with Crippen molar-refractivity contribution >= 4 is 27.6 Å². The summed E-state index contributed by atoms with van der Waals surface area (Å²) in [6.45, 7) is 0.170. The fourth-order valence-electron chi connectivity index (χ4n) is 1.84. The maximum absolute atomic E-state index is 11.9. The summed E-state index contributed by atoms with van der Waals surface area (Å²) in [7, 11) is -3.29. The summed E-state index contributed by atoms with van der Waals surface area (Å²) in [6, 6.07) is -1.24. The van der Waals surface area contributed by atoms with Crippen LogP contribution in [0.25, 0.3) is 0 Å². The Morgan fingerprint density at radius 2 is 2.15 bits per heavy atom. The molecule has 0 aromatic rings. The van der Waals surface area contributed by atoms with Gasteiger partial charge < -0.3 is 15.7 Å². The van der Waals surface area contributed by atoms with Crippen molar-refractivity contribution in [2.24, 2.45) is 5.92 Å². The van der Waals surface area contributed by atoms with Gasteiger partial charge in [-0.05, 0) is 12.8 Å². The number of rotatable bonds is 6. The van der Waals surface area contributed by atoms with Gasteiger partial charge in [-0.15, -0.1) is 0 Å². The number of carbonyl (C=O) groups excluding carboxylic acids is 2. The van der Waals surface area contributed by atoms with E-state index in [1.807, 2.05) is 0 Å². The third kappa shape index (κ3) is 5.55. The largest absolute Gasteiger partial charge is 0.480 e. The maximum Gasteiger partial charge on any atom is 0.326 e. The van der Waals surface area contributed by atoms with Crippen LogP contribution in [0.2, 0.25) is 0 Å². The predicted molar refractivity (Wildman–Crippen MR) is 69.6 cm³/mol. The lowest BCUT2D eigenvalue weighted by atomic mass is 9.98. The van der Waals surface area contributed by atoms with Gasteiger partial charge in [0.15, 0.2) is 0 Å². The van der Waals surface area contributed by atoms with E-state index in [9.17, 15) is 22.8 Å². The van der Waals surface area contributed by atoms with Crippen LogP contribution in [0.3, 0.4) is 0 Å². The van der Waals surface area contributed by atoms with E-state index in [1.54, 1.807) is 0 Å². The van der Waals surface area contributed by atoms with Crippen LogP contribution in [0, 0.1) is 5.92 Å². The average molecular weight is 306 g/mol. The van der Waals surface area contributed by atoms with Crippen molar-refractivity contribution in [2.45, 2.75) is 25.3 Å². The lowest BCUT2D eigenvalue weighted by Crippen LogP contribution is -2.48. The molecule has 1 heterocycles. The normalized spacial score (nSPS) is 20.9. The summed E-state index contributed by atoms with van der Waals surface area (Å²) in [5.74, 6) is -2.69. The number of carbonyl (C=O) groups is 3. The number of amides is 2. The van der Waals surface area contributed by atoms with Crippen LogP contribution >= 0.6 is 0 Å². The van der Waals surface area contributed by atoms with E-state index in [-0.39, 0.29) is 31.0 Å². The Balaban J connectivity index is 2.54.